The Morgan fingerprint density at radius 3 is 1.88 bits per heavy atom. The van der Waals surface area contributed by atoms with Gasteiger partial charge in [-0.25, -0.2) is 0 Å². The van der Waals surface area contributed by atoms with E-state index in [4.69, 9.17) is 4.74 Å². The van der Waals surface area contributed by atoms with Crippen LogP contribution < -0.4 is 5.32 Å². The highest BCUT2D eigenvalue weighted by atomic mass is 16.5. The molecule has 0 radical (unpaired) electrons. The largest absolute Gasteiger partial charge is 0.395 e. The van der Waals surface area contributed by atoms with Crippen LogP contribution in [-0.2, 0) is 4.74 Å². The number of methoxy groups -OCH3 is 1. The number of likely N-dealkylation sites (N-methyl/N-ethyl adjacent to an activating group) is 1. The van der Waals surface area contributed by atoms with Crippen molar-refractivity contribution in [3.8, 4) is 0 Å². The van der Waals surface area contributed by atoms with Crippen LogP contribution in [0.5, 0.6) is 0 Å². The van der Waals surface area contributed by atoms with Crippen LogP contribution in [0.25, 0.3) is 0 Å². The molecule has 2 atom stereocenters. The van der Waals surface area contributed by atoms with Crippen LogP contribution >= 0.6 is 0 Å². The molecule has 0 aromatic carbocycles. The van der Waals surface area contributed by atoms with Gasteiger partial charge in [0.05, 0.1) is 18.8 Å². The second-order valence-corrected chi connectivity index (χ2v) is 6.80. The molecule has 0 amide bonds. The van der Waals surface area contributed by atoms with E-state index in [9.17, 15) is 5.11 Å². The molecule has 24 heavy (non-hydrogen) atoms. The van der Waals surface area contributed by atoms with Crippen molar-refractivity contribution in [3.63, 3.8) is 0 Å². The van der Waals surface area contributed by atoms with Crippen molar-refractivity contribution in [2.75, 3.05) is 20.3 Å². The van der Waals surface area contributed by atoms with Crippen LogP contribution in [0, 0.1) is 0 Å². The van der Waals surface area contributed by atoms with Gasteiger partial charge in [-0.1, -0.05) is 90.2 Å². The van der Waals surface area contributed by atoms with Gasteiger partial charge in [0.2, 0.25) is 0 Å². The topological polar surface area (TPSA) is 41.5 Å². The summed E-state index contributed by atoms with van der Waals surface area (Å²) < 4.78 is 5.45. The number of aliphatic hydroxyl groups excluding tert-OH is 1. The maximum absolute atomic E-state index is 9.39. The van der Waals surface area contributed by atoms with Crippen LogP contribution in [0.3, 0.4) is 0 Å². The van der Waals surface area contributed by atoms with Crippen LogP contribution in [-0.4, -0.2) is 37.5 Å². The highest BCUT2D eigenvalue weighted by Crippen LogP contribution is 2.12. The standard InChI is InChI=1S/C21H43NO2/c1-4-6-7-8-9-10-11-12-13-14-15-16-17-18-21(24-3)20(19-23)22-5-2/h17-18,20-23H,4-16,19H2,1-3H3/b18-17+/t20-,21+/m0/s1. The minimum atomic E-state index is -0.0392. The lowest BCUT2D eigenvalue weighted by Crippen LogP contribution is -2.42. The zero-order valence-corrected chi connectivity index (χ0v) is 16.6. The second-order valence-electron chi connectivity index (χ2n) is 6.80. The van der Waals surface area contributed by atoms with E-state index in [1.807, 2.05) is 6.92 Å². The molecular weight excluding hydrogens is 298 g/mol. The highest BCUT2D eigenvalue weighted by molar-refractivity contribution is 4.95. The van der Waals surface area contributed by atoms with E-state index in [1.165, 1.54) is 70.6 Å². The van der Waals surface area contributed by atoms with Gasteiger partial charge in [0, 0.05) is 7.11 Å². The first-order valence-corrected chi connectivity index (χ1v) is 10.3. The Morgan fingerprint density at radius 1 is 0.875 bits per heavy atom. The smallest absolute Gasteiger partial charge is 0.0927 e. The number of hydrogen-bond donors (Lipinski definition) is 2. The molecular formula is C21H43NO2. The molecule has 0 aliphatic heterocycles. The van der Waals surface area contributed by atoms with E-state index in [1.54, 1.807) is 7.11 Å². The number of hydrogen-bond acceptors (Lipinski definition) is 3. The summed E-state index contributed by atoms with van der Waals surface area (Å²) in [6, 6.07) is -0.00595. The van der Waals surface area contributed by atoms with Gasteiger partial charge in [-0.05, 0) is 19.4 Å². The molecule has 0 fully saturated rings. The molecule has 0 saturated carbocycles. The zero-order chi connectivity index (χ0) is 17.9. The number of nitrogens with one attached hydrogen (secondary N) is 1. The van der Waals surface area contributed by atoms with Crippen LogP contribution in [0.1, 0.15) is 90.9 Å². The molecule has 0 bridgehead atoms. The second kappa shape index (κ2) is 19.0. The summed E-state index contributed by atoms with van der Waals surface area (Å²) >= 11 is 0. The van der Waals surface area contributed by atoms with Gasteiger partial charge in [-0.2, -0.15) is 0 Å². The van der Waals surface area contributed by atoms with Gasteiger partial charge < -0.3 is 15.2 Å². The molecule has 0 aromatic rings. The Labute approximate surface area is 151 Å². The fourth-order valence-corrected chi connectivity index (χ4v) is 3.08. The third kappa shape index (κ3) is 14.0. The van der Waals surface area contributed by atoms with Crippen LogP contribution in [0.15, 0.2) is 12.2 Å². The van der Waals surface area contributed by atoms with Crippen molar-refractivity contribution in [1.82, 2.24) is 5.32 Å². The quantitative estimate of drug-likeness (QED) is 0.265. The van der Waals surface area contributed by atoms with Gasteiger partial charge >= 0.3 is 0 Å². The molecule has 0 saturated heterocycles. The lowest BCUT2D eigenvalue weighted by Gasteiger charge is -2.22. The van der Waals surface area contributed by atoms with Crippen molar-refractivity contribution >= 4 is 0 Å². The summed E-state index contributed by atoms with van der Waals surface area (Å²) in [4.78, 5) is 0. The molecule has 0 aromatic heterocycles. The first kappa shape index (κ1) is 23.6. The summed E-state index contributed by atoms with van der Waals surface area (Å²) in [5, 5.41) is 12.6. The Balaban J connectivity index is 3.50. The monoisotopic (exact) mass is 341 g/mol. The van der Waals surface area contributed by atoms with E-state index >= 15 is 0 Å². The maximum atomic E-state index is 9.39. The van der Waals surface area contributed by atoms with E-state index in [0.29, 0.717) is 0 Å². The average molecular weight is 342 g/mol. The molecule has 0 rings (SSSR count). The minimum absolute atomic E-state index is 0.00595. The fraction of sp³-hybridized carbons (Fsp3) is 0.905. The van der Waals surface area contributed by atoms with E-state index in [0.717, 1.165) is 13.0 Å². The van der Waals surface area contributed by atoms with E-state index in [2.05, 4.69) is 24.4 Å². The van der Waals surface area contributed by atoms with Crippen LogP contribution in [0.2, 0.25) is 0 Å². The highest BCUT2D eigenvalue weighted by Gasteiger charge is 2.15. The predicted molar refractivity (Wildman–Crippen MR) is 106 cm³/mol. The maximum Gasteiger partial charge on any atom is 0.0927 e. The molecule has 0 unspecified atom stereocenters. The van der Waals surface area contributed by atoms with Crippen molar-refractivity contribution in [2.45, 2.75) is 103 Å². The first-order chi connectivity index (χ1) is 11.8. The van der Waals surface area contributed by atoms with Gasteiger partial charge in [0.25, 0.3) is 0 Å². The van der Waals surface area contributed by atoms with Crippen molar-refractivity contribution in [1.29, 1.82) is 0 Å². The van der Waals surface area contributed by atoms with Gasteiger partial charge in [-0.15, -0.1) is 0 Å². The molecule has 3 nitrogen and oxygen atoms in total. The molecule has 3 heteroatoms. The normalized spacial score (nSPS) is 14.3. The molecule has 144 valence electrons. The van der Waals surface area contributed by atoms with Gasteiger partial charge in [0.15, 0.2) is 0 Å². The van der Waals surface area contributed by atoms with Gasteiger partial charge in [0.1, 0.15) is 0 Å². The van der Waals surface area contributed by atoms with Gasteiger partial charge in [-0.3, -0.25) is 0 Å². The number of allylic oxidation sites excluding steroid dienone is 1. The summed E-state index contributed by atoms with van der Waals surface area (Å²) in [6.45, 7) is 5.27. The first-order valence-electron chi connectivity index (χ1n) is 10.3. The lowest BCUT2D eigenvalue weighted by atomic mass is 10.0. The molecule has 0 aliphatic rings. The molecule has 2 N–H and O–H groups in total. The van der Waals surface area contributed by atoms with Crippen molar-refractivity contribution in [3.05, 3.63) is 12.2 Å². The van der Waals surface area contributed by atoms with E-state index in [-0.39, 0.29) is 18.8 Å². The average Bonchev–Trinajstić information content (AvgIpc) is 2.60. The summed E-state index contributed by atoms with van der Waals surface area (Å²) in [5.74, 6) is 0. The number of rotatable bonds is 18. The molecule has 0 heterocycles. The summed E-state index contributed by atoms with van der Waals surface area (Å²) in [5.41, 5.74) is 0. The SMILES string of the molecule is CCCCCCCCCCCCC/C=C/[C@@H](OC)[C@H](CO)NCC. The third-order valence-corrected chi connectivity index (χ3v) is 4.63. The fourth-order valence-electron chi connectivity index (χ4n) is 3.08. The Kier molecular flexibility index (Phi) is 18.7. The number of aliphatic hydroxyl groups is 1. The summed E-state index contributed by atoms with van der Waals surface area (Å²) in [7, 11) is 1.71. The Morgan fingerprint density at radius 2 is 1.42 bits per heavy atom. The number of unbranched alkanes of at least 4 members (excludes halogenated alkanes) is 11. The van der Waals surface area contributed by atoms with E-state index < -0.39 is 0 Å². The third-order valence-electron chi connectivity index (χ3n) is 4.63. The Hall–Kier alpha value is -0.380. The number of ether oxygens (including phenoxy) is 1. The van der Waals surface area contributed by atoms with Crippen molar-refractivity contribution < 1.29 is 9.84 Å². The lowest BCUT2D eigenvalue weighted by molar-refractivity contribution is 0.0784. The zero-order valence-electron chi connectivity index (χ0n) is 16.6. The van der Waals surface area contributed by atoms with Crippen LogP contribution in [0.4, 0.5) is 0 Å². The molecule has 0 spiro atoms. The predicted octanol–water partition coefficient (Wildman–Crippen LogP) is 5.23. The minimum Gasteiger partial charge on any atom is -0.395 e. The summed E-state index contributed by atoms with van der Waals surface area (Å²) in [6.07, 6.45) is 20.6. The van der Waals surface area contributed by atoms with Crippen molar-refractivity contribution in [2.24, 2.45) is 0 Å². The molecule has 0 aliphatic carbocycles. The Bertz CT molecular complexity index is 269.